The molecule has 1 aliphatic rings. The largest absolute Gasteiger partial charge is 0.434 e. The zero-order valence-electron chi connectivity index (χ0n) is 21.6. The number of ether oxygens (including phenoxy) is 1. The van der Waals surface area contributed by atoms with Crippen molar-refractivity contribution in [1.29, 1.82) is 0 Å². The molecule has 0 aliphatic carbocycles. The molecule has 1 aromatic carbocycles. The Hall–Kier alpha value is -4.65. The van der Waals surface area contributed by atoms with Crippen LogP contribution < -0.4 is 5.32 Å². The normalized spacial score (nSPS) is 13.8. The van der Waals surface area contributed by atoms with Crippen molar-refractivity contribution in [3.05, 3.63) is 78.4 Å². The van der Waals surface area contributed by atoms with Crippen molar-refractivity contribution in [2.24, 2.45) is 0 Å². The highest BCUT2D eigenvalue weighted by atomic mass is 19.4. The van der Waals surface area contributed by atoms with Crippen molar-refractivity contribution in [3.8, 4) is 22.8 Å². The minimum atomic E-state index is -4.51. The van der Waals surface area contributed by atoms with Gasteiger partial charge in [0.05, 0.1) is 24.5 Å². The number of aromatic nitrogens is 8. The number of imidazole rings is 2. The van der Waals surface area contributed by atoms with Crippen LogP contribution in [-0.2, 0) is 17.5 Å². The lowest BCUT2D eigenvalue weighted by molar-refractivity contribution is -0.140. The van der Waals surface area contributed by atoms with Crippen LogP contribution in [0.1, 0.15) is 36.8 Å². The fraction of sp³-hybridized carbons (Fsp3) is 0.259. The molecule has 0 atom stereocenters. The first-order chi connectivity index (χ1) is 19.3. The smallest absolute Gasteiger partial charge is 0.373 e. The Balaban J connectivity index is 1.27. The van der Waals surface area contributed by atoms with E-state index < -0.39 is 11.9 Å². The molecule has 0 unspecified atom stereocenters. The molecule has 1 N–H and O–H groups in total. The molecule has 0 saturated carbocycles. The minimum Gasteiger partial charge on any atom is -0.373 e. The first kappa shape index (κ1) is 25.6. The van der Waals surface area contributed by atoms with Gasteiger partial charge in [0.1, 0.15) is 12.2 Å². The van der Waals surface area contributed by atoms with E-state index in [-0.39, 0.29) is 11.9 Å². The fourth-order valence-electron chi connectivity index (χ4n) is 4.46. The van der Waals surface area contributed by atoms with E-state index in [1.165, 1.54) is 10.9 Å². The third-order valence-corrected chi connectivity index (χ3v) is 6.47. The van der Waals surface area contributed by atoms with Gasteiger partial charge in [-0.25, -0.2) is 29.4 Å². The lowest BCUT2D eigenvalue weighted by atomic mass is 10.1. The van der Waals surface area contributed by atoms with E-state index in [2.05, 4.69) is 30.4 Å². The molecule has 5 aromatic rings. The number of benzene rings is 1. The molecular weight excluding hydrogens is 523 g/mol. The summed E-state index contributed by atoms with van der Waals surface area (Å²) in [4.78, 5) is 21.6. The van der Waals surface area contributed by atoms with Crippen molar-refractivity contribution in [2.75, 3.05) is 18.5 Å². The summed E-state index contributed by atoms with van der Waals surface area (Å²) in [5.41, 5.74) is 3.44. The summed E-state index contributed by atoms with van der Waals surface area (Å²) in [5.74, 6) is 1.20. The first-order valence-electron chi connectivity index (χ1n) is 12.6. The van der Waals surface area contributed by atoms with Crippen LogP contribution in [0.4, 0.5) is 19.0 Å². The fourth-order valence-corrected chi connectivity index (χ4v) is 4.46. The second-order valence-electron chi connectivity index (χ2n) is 9.51. The number of hydrogen-bond acceptors (Lipinski definition) is 8. The summed E-state index contributed by atoms with van der Waals surface area (Å²) in [6, 6.07) is 7.03. The van der Waals surface area contributed by atoms with Crippen molar-refractivity contribution in [2.45, 2.75) is 32.6 Å². The monoisotopic (exact) mass is 547 g/mol. The SMILES string of the molecule is CC(C)n1cc(C(F)(F)F)nc1-c1ccc(CNc2nc(-c3cncnc3C3=CCOC3)nn3ccnc23)cc1. The molecule has 0 amide bonds. The van der Waals surface area contributed by atoms with Gasteiger partial charge in [-0.05, 0) is 19.4 Å². The van der Waals surface area contributed by atoms with E-state index in [4.69, 9.17) is 9.72 Å². The topological polar surface area (TPSA) is 108 Å². The summed E-state index contributed by atoms with van der Waals surface area (Å²) >= 11 is 0. The maximum atomic E-state index is 13.3. The predicted octanol–water partition coefficient (Wildman–Crippen LogP) is 5.07. The maximum Gasteiger partial charge on any atom is 0.434 e. The lowest BCUT2D eigenvalue weighted by Crippen LogP contribution is -2.09. The number of halogens is 3. The van der Waals surface area contributed by atoms with E-state index in [1.54, 1.807) is 35.2 Å². The number of anilines is 1. The van der Waals surface area contributed by atoms with Gasteiger partial charge in [-0.1, -0.05) is 30.3 Å². The van der Waals surface area contributed by atoms with Gasteiger partial charge in [0.25, 0.3) is 0 Å². The second kappa shape index (κ2) is 10.2. The third-order valence-electron chi connectivity index (χ3n) is 6.47. The Morgan fingerprint density at radius 3 is 2.65 bits per heavy atom. The number of rotatable bonds is 7. The highest BCUT2D eigenvalue weighted by molar-refractivity contribution is 5.78. The molecule has 0 saturated heterocycles. The van der Waals surface area contributed by atoms with Crippen LogP contribution in [0.2, 0.25) is 0 Å². The zero-order chi connectivity index (χ0) is 27.9. The highest BCUT2D eigenvalue weighted by Gasteiger charge is 2.35. The van der Waals surface area contributed by atoms with E-state index in [9.17, 15) is 13.2 Å². The molecule has 0 radical (unpaired) electrons. The molecule has 0 fully saturated rings. The Bertz CT molecular complexity index is 1700. The Morgan fingerprint density at radius 1 is 1.10 bits per heavy atom. The minimum absolute atomic E-state index is 0.183. The quantitative estimate of drug-likeness (QED) is 0.301. The van der Waals surface area contributed by atoms with Crippen LogP contribution in [0.5, 0.6) is 0 Å². The second-order valence-corrected chi connectivity index (χ2v) is 9.51. The average molecular weight is 548 g/mol. The molecule has 40 heavy (non-hydrogen) atoms. The molecule has 204 valence electrons. The third kappa shape index (κ3) is 4.91. The van der Waals surface area contributed by atoms with Gasteiger partial charge in [-0.15, -0.1) is 5.10 Å². The van der Waals surface area contributed by atoms with Gasteiger partial charge >= 0.3 is 6.18 Å². The number of fused-ring (bicyclic) bond motifs is 1. The summed E-state index contributed by atoms with van der Waals surface area (Å²) < 4.78 is 48.5. The van der Waals surface area contributed by atoms with Gasteiger partial charge in [0.15, 0.2) is 23.0 Å². The van der Waals surface area contributed by atoms with Crippen molar-refractivity contribution >= 4 is 17.0 Å². The van der Waals surface area contributed by atoms with E-state index in [0.717, 1.165) is 17.3 Å². The number of nitrogens with zero attached hydrogens (tertiary/aromatic N) is 8. The lowest BCUT2D eigenvalue weighted by Gasteiger charge is -2.13. The molecule has 13 heteroatoms. The summed E-state index contributed by atoms with van der Waals surface area (Å²) in [5, 5.41) is 7.92. The van der Waals surface area contributed by atoms with Gasteiger partial charge < -0.3 is 14.6 Å². The van der Waals surface area contributed by atoms with Crippen LogP contribution in [-0.4, -0.2) is 52.3 Å². The van der Waals surface area contributed by atoms with Gasteiger partial charge in [-0.3, -0.25) is 0 Å². The molecule has 0 bridgehead atoms. The highest BCUT2D eigenvalue weighted by Crippen LogP contribution is 2.33. The standard InChI is InChI=1S/C27H24F3N9O/c1-16(2)38-13-21(27(28,29)30)35-25(38)18-5-3-17(4-6-18)11-33-24-26-32-8-9-39(26)37-23(36-24)20-12-31-15-34-22(20)19-7-10-40-14-19/h3-9,12-13,15-16H,10-11,14H2,1-2H3,(H,33,36,37). The van der Waals surface area contributed by atoms with Gasteiger partial charge in [-0.2, -0.15) is 13.2 Å². The van der Waals surface area contributed by atoms with Crippen LogP contribution in [0.25, 0.3) is 34.0 Å². The maximum absolute atomic E-state index is 13.3. The summed E-state index contributed by atoms with van der Waals surface area (Å²) in [6.45, 7) is 5.00. The number of nitrogens with one attached hydrogen (secondary N) is 1. The zero-order valence-corrected chi connectivity index (χ0v) is 21.6. The molecule has 6 rings (SSSR count). The predicted molar refractivity (Wildman–Crippen MR) is 141 cm³/mol. The molecular formula is C27H24F3N9O. The van der Waals surface area contributed by atoms with Crippen LogP contribution in [0.15, 0.2) is 61.5 Å². The Kier molecular flexibility index (Phi) is 6.50. The van der Waals surface area contributed by atoms with Crippen LogP contribution in [0.3, 0.4) is 0 Å². The number of hydrogen-bond donors (Lipinski definition) is 1. The molecule has 4 aromatic heterocycles. The Morgan fingerprint density at radius 2 is 1.93 bits per heavy atom. The van der Waals surface area contributed by atoms with Crippen molar-refractivity contribution in [1.82, 2.24) is 39.1 Å². The van der Waals surface area contributed by atoms with Crippen molar-refractivity contribution in [3.63, 3.8) is 0 Å². The molecule has 5 heterocycles. The average Bonchev–Trinajstić information content (AvgIpc) is 3.72. The van der Waals surface area contributed by atoms with E-state index >= 15 is 0 Å². The number of alkyl halides is 3. The molecule has 0 spiro atoms. The molecule has 1 aliphatic heterocycles. The van der Waals surface area contributed by atoms with Crippen LogP contribution in [0, 0.1) is 0 Å². The van der Waals surface area contributed by atoms with E-state index in [0.29, 0.717) is 53.9 Å². The van der Waals surface area contributed by atoms with Crippen molar-refractivity contribution < 1.29 is 17.9 Å². The Labute approximate surface area is 226 Å². The summed E-state index contributed by atoms with van der Waals surface area (Å²) in [6.07, 6.45) is 5.03. The van der Waals surface area contributed by atoms with Gasteiger partial charge in [0.2, 0.25) is 0 Å². The summed E-state index contributed by atoms with van der Waals surface area (Å²) in [7, 11) is 0. The van der Waals surface area contributed by atoms with Gasteiger partial charge in [0, 0.05) is 48.5 Å². The molecule has 10 nitrogen and oxygen atoms in total. The van der Waals surface area contributed by atoms with E-state index in [1.807, 2.05) is 32.1 Å². The first-order valence-corrected chi connectivity index (χ1v) is 12.6. The van der Waals surface area contributed by atoms with Crippen LogP contribution >= 0.6 is 0 Å².